The number of nitrogens with one attached hydrogen (secondary N) is 1. The second-order valence-electron chi connectivity index (χ2n) is 4.15. The van der Waals surface area contributed by atoms with E-state index in [9.17, 15) is 0 Å². The molecule has 2 nitrogen and oxygen atoms in total. The van der Waals surface area contributed by atoms with Crippen molar-refractivity contribution in [3.63, 3.8) is 0 Å². The molecule has 0 radical (unpaired) electrons. The second-order valence-corrected chi connectivity index (χ2v) is 4.15. The largest absolute Gasteiger partial charge is 0.381 e. The predicted molar refractivity (Wildman–Crippen MR) is 58.0 cm³/mol. The SMILES string of the molecule is CNC(C)CCCCOCC(C)C. The maximum atomic E-state index is 5.49. The summed E-state index contributed by atoms with van der Waals surface area (Å²) in [6.45, 7) is 8.41. The summed E-state index contributed by atoms with van der Waals surface area (Å²) in [6.07, 6.45) is 3.71. The van der Waals surface area contributed by atoms with Crippen LogP contribution < -0.4 is 5.32 Å². The number of hydrogen-bond donors (Lipinski definition) is 1. The van der Waals surface area contributed by atoms with Gasteiger partial charge in [-0.05, 0) is 39.2 Å². The Labute approximate surface area is 83.1 Å². The molecule has 0 aliphatic rings. The number of hydrogen-bond acceptors (Lipinski definition) is 2. The fourth-order valence-corrected chi connectivity index (χ4v) is 1.12. The van der Waals surface area contributed by atoms with Crippen LogP contribution in [0.1, 0.15) is 40.0 Å². The summed E-state index contributed by atoms with van der Waals surface area (Å²) in [5, 5.41) is 3.23. The molecule has 0 aliphatic heterocycles. The third-order valence-corrected chi connectivity index (χ3v) is 2.12. The molecule has 1 atom stereocenters. The maximum absolute atomic E-state index is 5.49. The molecule has 0 aromatic rings. The molecule has 1 unspecified atom stereocenters. The van der Waals surface area contributed by atoms with Gasteiger partial charge in [0.2, 0.25) is 0 Å². The summed E-state index contributed by atoms with van der Waals surface area (Å²) in [5.74, 6) is 0.663. The highest BCUT2D eigenvalue weighted by molar-refractivity contribution is 4.56. The van der Waals surface area contributed by atoms with Gasteiger partial charge in [0.05, 0.1) is 0 Å². The van der Waals surface area contributed by atoms with Crippen molar-refractivity contribution in [1.29, 1.82) is 0 Å². The summed E-state index contributed by atoms with van der Waals surface area (Å²) in [4.78, 5) is 0. The topological polar surface area (TPSA) is 21.3 Å². The molecular weight excluding hydrogens is 162 g/mol. The van der Waals surface area contributed by atoms with Crippen LogP contribution in [0.15, 0.2) is 0 Å². The average molecular weight is 187 g/mol. The lowest BCUT2D eigenvalue weighted by atomic mass is 10.1. The number of rotatable bonds is 8. The zero-order chi connectivity index (χ0) is 10.1. The Balaban J connectivity index is 2.99. The van der Waals surface area contributed by atoms with Gasteiger partial charge in [-0.15, -0.1) is 0 Å². The fraction of sp³-hybridized carbons (Fsp3) is 1.00. The molecule has 0 saturated carbocycles. The van der Waals surface area contributed by atoms with Gasteiger partial charge in [0.25, 0.3) is 0 Å². The van der Waals surface area contributed by atoms with Crippen LogP contribution >= 0.6 is 0 Å². The summed E-state index contributed by atoms with van der Waals surface area (Å²) in [5.41, 5.74) is 0. The summed E-state index contributed by atoms with van der Waals surface area (Å²) in [7, 11) is 2.01. The lowest BCUT2D eigenvalue weighted by Gasteiger charge is -2.10. The molecule has 0 aromatic carbocycles. The van der Waals surface area contributed by atoms with Gasteiger partial charge in [-0.1, -0.05) is 13.8 Å². The molecule has 0 spiro atoms. The minimum absolute atomic E-state index is 0.644. The molecular formula is C11H25NO. The average Bonchev–Trinajstić information content (AvgIpc) is 2.10. The van der Waals surface area contributed by atoms with Crippen molar-refractivity contribution in [2.45, 2.75) is 46.1 Å². The van der Waals surface area contributed by atoms with E-state index < -0.39 is 0 Å². The van der Waals surface area contributed by atoms with E-state index in [-0.39, 0.29) is 0 Å². The van der Waals surface area contributed by atoms with E-state index in [4.69, 9.17) is 4.74 Å². The van der Waals surface area contributed by atoms with Gasteiger partial charge in [0.15, 0.2) is 0 Å². The van der Waals surface area contributed by atoms with Crippen molar-refractivity contribution in [2.24, 2.45) is 5.92 Å². The van der Waals surface area contributed by atoms with Gasteiger partial charge in [0, 0.05) is 19.3 Å². The summed E-state index contributed by atoms with van der Waals surface area (Å²) < 4.78 is 5.49. The first-order chi connectivity index (χ1) is 6.16. The van der Waals surface area contributed by atoms with Crippen LogP contribution in [0, 0.1) is 5.92 Å². The number of ether oxygens (including phenoxy) is 1. The molecule has 1 N–H and O–H groups in total. The molecule has 80 valence electrons. The smallest absolute Gasteiger partial charge is 0.0488 e. The van der Waals surface area contributed by atoms with Crippen LogP contribution in [0.5, 0.6) is 0 Å². The van der Waals surface area contributed by atoms with E-state index in [1.807, 2.05) is 7.05 Å². The molecule has 0 rings (SSSR count). The Bertz CT molecular complexity index is 104. The van der Waals surface area contributed by atoms with Gasteiger partial charge in [-0.25, -0.2) is 0 Å². The van der Waals surface area contributed by atoms with Gasteiger partial charge >= 0.3 is 0 Å². The maximum Gasteiger partial charge on any atom is 0.0488 e. The normalized spacial score (nSPS) is 13.6. The Morgan fingerprint density at radius 3 is 2.38 bits per heavy atom. The zero-order valence-electron chi connectivity index (χ0n) is 9.60. The van der Waals surface area contributed by atoms with Crippen LogP contribution in [0.25, 0.3) is 0 Å². The molecule has 0 bridgehead atoms. The first kappa shape index (κ1) is 12.9. The quantitative estimate of drug-likeness (QED) is 0.589. The van der Waals surface area contributed by atoms with Crippen molar-refractivity contribution in [3.05, 3.63) is 0 Å². The fourth-order valence-electron chi connectivity index (χ4n) is 1.12. The highest BCUT2D eigenvalue weighted by atomic mass is 16.5. The van der Waals surface area contributed by atoms with Crippen molar-refractivity contribution >= 4 is 0 Å². The van der Waals surface area contributed by atoms with Crippen molar-refractivity contribution in [3.8, 4) is 0 Å². The Morgan fingerprint density at radius 2 is 1.85 bits per heavy atom. The standard InChI is InChI=1S/C11H25NO/c1-10(2)9-13-8-6-5-7-11(3)12-4/h10-12H,5-9H2,1-4H3. The molecule has 0 amide bonds. The lowest BCUT2D eigenvalue weighted by Crippen LogP contribution is -2.20. The Morgan fingerprint density at radius 1 is 1.15 bits per heavy atom. The molecule has 0 fully saturated rings. The highest BCUT2D eigenvalue weighted by Crippen LogP contribution is 2.01. The number of unbranched alkanes of at least 4 members (excludes halogenated alkanes) is 1. The first-order valence-corrected chi connectivity index (χ1v) is 5.41. The van der Waals surface area contributed by atoms with Gasteiger partial charge in [0.1, 0.15) is 0 Å². The Kier molecular flexibility index (Phi) is 8.46. The van der Waals surface area contributed by atoms with Gasteiger partial charge < -0.3 is 10.1 Å². The second kappa shape index (κ2) is 8.52. The summed E-state index contributed by atoms with van der Waals surface area (Å²) >= 11 is 0. The van der Waals surface area contributed by atoms with Crippen LogP contribution in [0.2, 0.25) is 0 Å². The van der Waals surface area contributed by atoms with E-state index in [0.29, 0.717) is 12.0 Å². The molecule has 0 aromatic heterocycles. The third-order valence-electron chi connectivity index (χ3n) is 2.12. The predicted octanol–water partition coefficient (Wildman–Crippen LogP) is 2.44. The van der Waals surface area contributed by atoms with E-state index >= 15 is 0 Å². The van der Waals surface area contributed by atoms with E-state index in [1.54, 1.807) is 0 Å². The zero-order valence-corrected chi connectivity index (χ0v) is 9.60. The molecule has 2 heteroatoms. The first-order valence-electron chi connectivity index (χ1n) is 5.41. The third kappa shape index (κ3) is 9.84. The van der Waals surface area contributed by atoms with Crippen LogP contribution in [-0.2, 0) is 4.74 Å². The van der Waals surface area contributed by atoms with Gasteiger partial charge in [-0.2, -0.15) is 0 Å². The monoisotopic (exact) mass is 187 g/mol. The van der Waals surface area contributed by atoms with Crippen LogP contribution in [0.3, 0.4) is 0 Å². The van der Waals surface area contributed by atoms with E-state index in [0.717, 1.165) is 13.2 Å². The van der Waals surface area contributed by atoms with Crippen molar-refractivity contribution < 1.29 is 4.74 Å². The van der Waals surface area contributed by atoms with Crippen LogP contribution in [0.4, 0.5) is 0 Å². The minimum Gasteiger partial charge on any atom is -0.381 e. The molecule has 0 saturated heterocycles. The molecule has 0 aliphatic carbocycles. The van der Waals surface area contributed by atoms with Crippen LogP contribution in [-0.4, -0.2) is 26.3 Å². The van der Waals surface area contributed by atoms with E-state index in [1.165, 1.54) is 19.3 Å². The molecule has 0 heterocycles. The van der Waals surface area contributed by atoms with Gasteiger partial charge in [-0.3, -0.25) is 0 Å². The van der Waals surface area contributed by atoms with E-state index in [2.05, 4.69) is 26.1 Å². The van der Waals surface area contributed by atoms with Crippen molar-refractivity contribution in [2.75, 3.05) is 20.3 Å². The van der Waals surface area contributed by atoms with Crippen molar-refractivity contribution in [1.82, 2.24) is 5.32 Å². The Hall–Kier alpha value is -0.0800. The highest BCUT2D eigenvalue weighted by Gasteiger charge is 1.97. The lowest BCUT2D eigenvalue weighted by molar-refractivity contribution is 0.106. The summed E-state index contributed by atoms with van der Waals surface area (Å²) in [6, 6.07) is 0.644. The minimum atomic E-state index is 0.644. The molecule has 13 heavy (non-hydrogen) atoms.